The summed E-state index contributed by atoms with van der Waals surface area (Å²) in [5.74, 6) is 1.41. The van der Waals surface area contributed by atoms with Gasteiger partial charge in [-0.25, -0.2) is 4.98 Å². The van der Waals surface area contributed by atoms with E-state index < -0.39 is 0 Å². The van der Waals surface area contributed by atoms with Crippen molar-refractivity contribution in [1.29, 1.82) is 0 Å². The number of nitrogens with one attached hydrogen (secondary N) is 1. The zero-order valence-corrected chi connectivity index (χ0v) is 16.3. The van der Waals surface area contributed by atoms with Crippen LogP contribution in [0, 0.1) is 0 Å². The Morgan fingerprint density at radius 3 is 2.78 bits per heavy atom. The first kappa shape index (κ1) is 19.3. The molecule has 3 rings (SSSR count). The number of likely N-dealkylation sites (N-methyl/N-ethyl adjacent to an activating group) is 1. The number of amides is 1. The monoisotopic (exact) mass is 402 g/mol. The highest BCUT2D eigenvalue weighted by Gasteiger charge is 2.11. The number of nitrogens with zero attached hydrogens (tertiary/aromatic N) is 3. The van der Waals surface area contributed by atoms with E-state index >= 15 is 0 Å². The number of rotatable bonds is 8. The van der Waals surface area contributed by atoms with Crippen molar-refractivity contribution in [2.45, 2.75) is 10.9 Å². The molecule has 27 heavy (non-hydrogen) atoms. The second-order valence-electron chi connectivity index (χ2n) is 5.81. The molecule has 3 aromatic rings. The van der Waals surface area contributed by atoms with E-state index in [2.05, 4.69) is 15.2 Å². The molecule has 0 aliphatic heterocycles. The van der Waals surface area contributed by atoms with Crippen molar-refractivity contribution in [3.05, 3.63) is 71.0 Å². The fourth-order valence-electron chi connectivity index (χ4n) is 2.34. The number of carbonyl (C=O) groups excluding carboxylic acids is 1. The number of benzene rings is 2. The molecule has 0 atom stereocenters. The lowest BCUT2D eigenvalue weighted by Crippen LogP contribution is -2.30. The summed E-state index contributed by atoms with van der Waals surface area (Å²) < 4.78 is 5.63. The molecule has 0 saturated heterocycles. The molecule has 1 N–H and O–H groups in total. The molecule has 0 bridgehead atoms. The summed E-state index contributed by atoms with van der Waals surface area (Å²) in [6.07, 6.45) is 1.48. The highest BCUT2D eigenvalue weighted by molar-refractivity contribution is 7.98. The summed E-state index contributed by atoms with van der Waals surface area (Å²) in [5, 5.41) is 8.02. The third kappa shape index (κ3) is 5.74. The summed E-state index contributed by atoms with van der Waals surface area (Å²) in [4.78, 5) is 18.2. The molecular formula is C19H19ClN4O2S. The van der Waals surface area contributed by atoms with Gasteiger partial charge in [0.2, 0.25) is 0 Å². The molecule has 6 nitrogen and oxygen atoms in total. The van der Waals surface area contributed by atoms with Gasteiger partial charge in [0, 0.05) is 23.4 Å². The van der Waals surface area contributed by atoms with E-state index in [9.17, 15) is 4.79 Å². The average molecular weight is 403 g/mol. The topological polar surface area (TPSA) is 71.1 Å². The van der Waals surface area contributed by atoms with E-state index in [1.54, 1.807) is 35.8 Å². The maximum atomic E-state index is 12.5. The van der Waals surface area contributed by atoms with Crippen molar-refractivity contribution in [2.75, 3.05) is 20.2 Å². The highest BCUT2D eigenvalue weighted by atomic mass is 35.5. The van der Waals surface area contributed by atoms with Gasteiger partial charge in [-0.1, -0.05) is 41.6 Å². The van der Waals surface area contributed by atoms with E-state index in [0.717, 1.165) is 16.5 Å². The van der Waals surface area contributed by atoms with Gasteiger partial charge in [-0.15, -0.1) is 0 Å². The van der Waals surface area contributed by atoms with E-state index in [1.807, 2.05) is 36.4 Å². The minimum Gasteiger partial charge on any atom is -0.492 e. The predicted molar refractivity (Wildman–Crippen MR) is 106 cm³/mol. The maximum Gasteiger partial charge on any atom is 0.253 e. The molecule has 0 fully saturated rings. The fourth-order valence-corrected chi connectivity index (χ4v) is 3.25. The first-order valence-corrected chi connectivity index (χ1v) is 9.69. The summed E-state index contributed by atoms with van der Waals surface area (Å²) in [5.41, 5.74) is 1.76. The van der Waals surface area contributed by atoms with Gasteiger partial charge in [0.25, 0.3) is 5.91 Å². The van der Waals surface area contributed by atoms with Gasteiger partial charge in [-0.2, -0.15) is 5.10 Å². The SMILES string of the molecule is CN(CCOc1cccc(Cl)c1)C(=O)c1ccc(CSc2ncn[nH]2)cc1. The summed E-state index contributed by atoms with van der Waals surface area (Å²) in [7, 11) is 1.76. The lowest BCUT2D eigenvalue weighted by molar-refractivity contribution is 0.0774. The van der Waals surface area contributed by atoms with Crippen LogP contribution in [0.3, 0.4) is 0 Å². The van der Waals surface area contributed by atoms with Crippen molar-refractivity contribution >= 4 is 29.3 Å². The van der Waals surface area contributed by atoms with Gasteiger partial charge in [0.1, 0.15) is 18.7 Å². The Kier molecular flexibility index (Phi) is 6.73. The van der Waals surface area contributed by atoms with Gasteiger partial charge in [-0.05, 0) is 35.9 Å². The first-order valence-electron chi connectivity index (χ1n) is 8.33. The Labute approximate surface area is 166 Å². The number of hydrogen-bond donors (Lipinski definition) is 1. The Morgan fingerprint density at radius 2 is 2.07 bits per heavy atom. The molecule has 1 amide bonds. The number of aromatic amines is 1. The lowest BCUT2D eigenvalue weighted by Gasteiger charge is -2.18. The molecule has 0 saturated carbocycles. The smallest absolute Gasteiger partial charge is 0.253 e. The molecule has 0 radical (unpaired) electrons. The minimum atomic E-state index is -0.0425. The van der Waals surface area contributed by atoms with Crippen LogP contribution in [0.2, 0.25) is 5.02 Å². The van der Waals surface area contributed by atoms with Crippen molar-refractivity contribution < 1.29 is 9.53 Å². The van der Waals surface area contributed by atoms with Crippen LogP contribution in [-0.4, -0.2) is 46.2 Å². The van der Waals surface area contributed by atoms with Gasteiger partial charge < -0.3 is 9.64 Å². The quantitative estimate of drug-likeness (QED) is 0.578. The minimum absolute atomic E-state index is 0.0425. The standard InChI is InChI=1S/C19H19ClN4O2S/c1-24(9-10-26-17-4-2-3-16(20)11-17)18(25)15-7-5-14(6-8-15)12-27-19-21-13-22-23-19/h2-8,11,13H,9-10,12H2,1H3,(H,21,22,23). The van der Waals surface area contributed by atoms with Crippen LogP contribution in [-0.2, 0) is 5.75 Å². The van der Waals surface area contributed by atoms with Gasteiger partial charge in [-0.3, -0.25) is 9.89 Å². The Morgan fingerprint density at radius 1 is 1.26 bits per heavy atom. The van der Waals surface area contributed by atoms with Gasteiger partial charge >= 0.3 is 0 Å². The molecular weight excluding hydrogens is 384 g/mol. The first-order chi connectivity index (χ1) is 13.1. The van der Waals surface area contributed by atoms with Crippen LogP contribution >= 0.6 is 23.4 Å². The normalized spacial score (nSPS) is 10.6. The molecule has 140 valence electrons. The molecule has 8 heteroatoms. The Balaban J connectivity index is 1.47. The van der Waals surface area contributed by atoms with Crippen LogP contribution < -0.4 is 4.74 Å². The number of aromatic nitrogens is 3. The molecule has 1 aromatic heterocycles. The zero-order chi connectivity index (χ0) is 19.1. The van der Waals surface area contributed by atoms with Gasteiger partial charge in [0.15, 0.2) is 5.16 Å². The van der Waals surface area contributed by atoms with E-state index in [1.165, 1.54) is 6.33 Å². The van der Waals surface area contributed by atoms with Crippen LogP contribution in [0.1, 0.15) is 15.9 Å². The molecule has 0 unspecified atom stereocenters. The Bertz CT molecular complexity index is 872. The number of H-pyrrole nitrogens is 1. The number of carbonyl (C=O) groups is 1. The van der Waals surface area contributed by atoms with Gasteiger partial charge in [0.05, 0.1) is 6.54 Å². The third-order valence-corrected chi connectivity index (χ3v) is 4.99. The fraction of sp³-hybridized carbons (Fsp3) is 0.211. The van der Waals surface area contributed by atoms with Crippen molar-refractivity contribution in [3.63, 3.8) is 0 Å². The van der Waals surface area contributed by atoms with Crippen molar-refractivity contribution in [2.24, 2.45) is 0 Å². The predicted octanol–water partition coefficient (Wildman–Crippen LogP) is 3.90. The number of hydrogen-bond acceptors (Lipinski definition) is 5. The lowest BCUT2D eigenvalue weighted by atomic mass is 10.1. The highest BCUT2D eigenvalue weighted by Crippen LogP contribution is 2.19. The molecule has 0 aliphatic rings. The van der Waals surface area contributed by atoms with Crippen LogP contribution in [0.25, 0.3) is 0 Å². The second kappa shape index (κ2) is 9.43. The molecule has 0 spiro atoms. The second-order valence-corrected chi connectivity index (χ2v) is 7.21. The largest absolute Gasteiger partial charge is 0.492 e. The summed E-state index contributed by atoms with van der Waals surface area (Å²) in [6, 6.07) is 14.8. The Hall–Kier alpha value is -2.51. The zero-order valence-electron chi connectivity index (χ0n) is 14.8. The summed E-state index contributed by atoms with van der Waals surface area (Å²) in [6.45, 7) is 0.878. The maximum absolute atomic E-state index is 12.5. The van der Waals surface area contributed by atoms with E-state index in [-0.39, 0.29) is 5.91 Å². The van der Waals surface area contributed by atoms with Crippen LogP contribution in [0.5, 0.6) is 5.75 Å². The number of thioether (sulfide) groups is 1. The van der Waals surface area contributed by atoms with Crippen molar-refractivity contribution in [1.82, 2.24) is 20.1 Å². The molecule has 1 heterocycles. The average Bonchev–Trinajstić information content (AvgIpc) is 3.20. The third-order valence-electron chi connectivity index (χ3n) is 3.81. The van der Waals surface area contributed by atoms with Crippen LogP contribution in [0.15, 0.2) is 60.0 Å². The van der Waals surface area contributed by atoms with Crippen molar-refractivity contribution in [3.8, 4) is 5.75 Å². The van der Waals surface area contributed by atoms with Crippen LogP contribution in [0.4, 0.5) is 0 Å². The van der Waals surface area contributed by atoms with E-state index in [0.29, 0.717) is 29.5 Å². The molecule has 2 aromatic carbocycles. The summed E-state index contributed by atoms with van der Waals surface area (Å²) >= 11 is 7.49. The molecule has 0 aliphatic carbocycles. The number of ether oxygens (including phenoxy) is 1. The number of halogens is 1. The van der Waals surface area contributed by atoms with E-state index in [4.69, 9.17) is 16.3 Å².